The van der Waals surface area contributed by atoms with Crippen LogP contribution < -0.4 is 5.32 Å². The quantitative estimate of drug-likeness (QED) is 0.692. The second-order valence-electron chi connectivity index (χ2n) is 6.10. The maximum absolute atomic E-state index is 5.13. The molecule has 0 aliphatic heterocycles. The zero-order chi connectivity index (χ0) is 14.4. The Hall–Kier alpha value is -0.860. The summed E-state index contributed by atoms with van der Waals surface area (Å²) < 4.78 is 5.13. The molecule has 0 radical (unpaired) electrons. The summed E-state index contributed by atoms with van der Waals surface area (Å²) in [5.41, 5.74) is 1.98. The fraction of sp³-hybridized carbons (Fsp3) is 0.667. The van der Waals surface area contributed by atoms with E-state index in [0.29, 0.717) is 5.41 Å². The third-order valence-corrected chi connectivity index (χ3v) is 5.17. The minimum absolute atomic E-state index is 0.453. The fourth-order valence-electron chi connectivity index (χ4n) is 3.61. The largest absolute Gasteiger partial charge is 0.383 e. The monoisotopic (exact) mass is 275 g/mol. The van der Waals surface area contributed by atoms with Gasteiger partial charge in [-0.05, 0) is 42.1 Å². The molecule has 20 heavy (non-hydrogen) atoms. The minimum Gasteiger partial charge on any atom is -0.383 e. The van der Waals surface area contributed by atoms with Crippen LogP contribution in [0.3, 0.4) is 0 Å². The number of ether oxygens (including phenoxy) is 1. The Morgan fingerprint density at radius 1 is 1.20 bits per heavy atom. The molecule has 1 aromatic carbocycles. The van der Waals surface area contributed by atoms with E-state index in [4.69, 9.17) is 4.74 Å². The molecular weight excluding hydrogens is 246 g/mol. The van der Waals surface area contributed by atoms with E-state index in [2.05, 4.69) is 49.5 Å². The summed E-state index contributed by atoms with van der Waals surface area (Å²) in [6, 6.07) is 11.0. The Balaban J connectivity index is 1.96. The van der Waals surface area contributed by atoms with E-state index in [-0.39, 0.29) is 0 Å². The highest BCUT2D eigenvalue weighted by Crippen LogP contribution is 2.59. The third-order valence-electron chi connectivity index (χ3n) is 5.17. The van der Waals surface area contributed by atoms with Crippen LogP contribution in [-0.2, 0) is 4.74 Å². The molecule has 0 spiro atoms. The first-order chi connectivity index (χ1) is 9.77. The van der Waals surface area contributed by atoms with E-state index in [1.165, 1.54) is 24.8 Å². The molecule has 1 N–H and O–H groups in total. The molecule has 0 saturated heterocycles. The van der Waals surface area contributed by atoms with Crippen molar-refractivity contribution in [3.05, 3.63) is 35.9 Å². The Kier molecular flexibility index (Phi) is 5.62. The molecule has 1 aromatic rings. The van der Waals surface area contributed by atoms with Gasteiger partial charge >= 0.3 is 0 Å². The Bertz CT molecular complexity index is 386. The van der Waals surface area contributed by atoms with E-state index < -0.39 is 0 Å². The van der Waals surface area contributed by atoms with Crippen molar-refractivity contribution in [3.8, 4) is 0 Å². The lowest BCUT2D eigenvalue weighted by Gasteiger charge is -2.33. The van der Waals surface area contributed by atoms with E-state index in [1.807, 2.05) is 0 Å². The summed E-state index contributed by atoms with van der Waals surface area (Å²) in [4.78, 5) is 0. The SMILES string of the molecule is CCC(CC)(CNCCOC)C1CC1c1ccccc1. The van der Waals surface area contributed by atoms with E-state index in [9.17, 15) is 0 Å². The average Bonchev–Trinajstić information content (AvgIpc) is 3.30. The molecular formula is C18H29NO. The lowest BCUT2D eigenvalue weighted by atomic mass is 9.76. The van der Waals surface area contributed by atoms with Crippen molar-refractivity contribution in [1.82, 2.24) is 5.32 Å². The van der Waals surface area contributed by atoms with Crippen molar-refractivity contribution < 1.29 is 4.74 Å². The van der Waals surface area contributed by atoms with Crippen molar-refractivity contribution in [3.63, 3.8) is 0 Å². The molecule has 1 aliphatic rings. The molecule has 112 valence electrons. The molecule has 0 amide bonds. The van der Waals surface area contributed by atoms with Gasteiger partial charge in [-0.25, -0.2) is 0 Å². The van der Waals surface area contributed by atoms with Crippen LogP contribution in [0.2, 0.25) is 0 Å². The van der Waals surface area contributed by atoms with Crippen LogP contribution in [0.15, 0.2) is 30.3 Å². The van der Waals surface area contributed by atoms with Crippen LogP contribution in [0.5, 0.6) is 0 Å². The molecule has 0 aromatic heterocycles. The number of methoxy groups -OCH3 is 1. The molecule has 2 rings (SSSR count). The van der Waals surface area contributed by atoms with Gasteiger partial charge in [0.2, 0.25) is 0 Å². The van der Waals surface area contributed by atoms with E-state index in [1.54, 1.807) is 7.11 Å². The fourth-order valence-corrected chi connectivity index (χ4v) is 3.61. The van der Waals surface area contributed by atoms with Gasteiger partial charge < -0.3 is 10.1 Å². The van der Waals surface area contributed by atoms with Gasteiger partial charge in [0.25, 0.3) is 0 Å². The third kappa shape index (κ3) is 3.42. The van der Waals surface area contributed by atoms with Crippen LogP contribution in [-0.4, -0.2) is 26.8 Å². The first-order valence-corrected chi connectivity index (χ1v) is 8.02. The summed E-state index contributed by atoms with van der Waals surface area (Å²) in [6.07, 6.45) is 3.88. The van der Waals surface area contributed by atoms with Crippen molar-refractivity contribution in [2.75, 3.05) is 26.8 Å². The lowest BCUT2D eigenvalue weighted by molar-refractivity contribution is 0.173. The van der Waals surface area contributed by atoms with E-state index >= 15 is 0 Å². The zero-order valence-electron chi connectivity index (χ0n) is 13.2. The number of rotatable bonds is 9. The average molecular weight is 275 g/mol. The second kappa shape index (κ2) is 7.24. The van der Waals surface area contributed by atoms with Crippen LogP contribution in [0.25, 0.3) is 0 Å². The van der Waals surface area contributed by atoms with Crippen LogP contribution in [0, 0.1) is 11.3 Å². The van der Waals surface area contributed by atoms with Crippen molar-refractivity contribution in [2.45, 2.75) is 39.0 Å². The van der Waals surface area contributed by atoms with Gasteiger partial charge in [0, 0.05) is 20.2 Å². The molecule has 2 atom stereocenters. The molecule has 2 heteroatoms. The van der Waals surface area contributed by atoms with Gasteiger partial charge in [0.05, 0.1) is 6.61 Å². The number of benzene rings is 1. The topological polar surface area (TPSA) is 21.3 Å². The molecule has 0 bridgehead atoms. The Morgan fingerprint density at radius 2 is 1.90 bits per heavy atom. The number of hydrogen-bond donors (Lipinski definition) is 1. The van der Waals surface area contributed by atoms with Gasteiger partial charge in [-0.2, -0.15) is 0 Å². The zero-order valence-corrected chi connectivity index (χ0v) is 13.2. The lowest BCUT2D eigenvalue weighted by Crippen LogP contribution is -2.37. The molecule has 2 nitrogen and oxygen atoms in total. The normalized spacial score (nSPS) is 21.9. The van der Waals surface area contributed by atoms with Crippen LogP contribution >= 0.6 is 0 Å². The van der Waals surface area contributed by atoms with Gasteiger partial charge in [0.1, 0.15) is 0 Å². The van der Waals surface area contributed by atoms with Gasteiger partial charge in [-0.3, -0.25) is 0 Å². The highest BCUT2D eigenvalue weighted by molar-refractivity contribution is 5.27. The second-order valence-corrected chi connectivity index (χ2v) is 6.10. The van der Waals surface area contributed by atoms with Crippen molar-refractivity contribution >= 4 is 0 Å². The maximum Gasteiger partial charge on any atom is 0.0587 e. The summed E-state index contributed by atoms with van der Waals surface area (Å²) in [6.45, 7) is 7.58. The first kappa shape index (κ1) is 15.5. The van der Waals surface area contributed by atoms with E-state index in [0.717, 1.165) is 31.5 Å². The Labute approximate surface area is 123 Å². The molecule has 1 saturated carbocycles. The molecule has 2 unspecified atom stereocenters. The van der Waals surface area contributed by atoms with Crippen LogP contribution in [0.1, 0.15) is 44.6 Å². The van der Waals surface area contributed by atoms with Gasteiger partial charge in [-0.1, -0.05) is 44.2 Å². The predicted octanol–water partition coefficient (Wildman–Crippen LogP) is 3.83. The standard InChI is InChI=1S/C18H29NO/c1-4-18(5-2,14-19-11-12-20-3)17-13-16(17)15-9-7-6-8-10-15/h6-10,16-17,19H,4-5,11-14H2,1-3H3. The summed E-state index contributed by atoms with van der Waals surface area (Å²) in [5.74, 6) is 1.62. The van der Waals surface area contributed by atoms with Gasteiger partial charge in [0.15, 0.2) is 0 Å². The first-order valence-electron chi connectivity index (χ1n) is 8.02. The van der Waals surface area contributed by atoms with Crippen molar-refractivity contribution in [2.24, 2.45) is 11.3 Å². The Morgan fingerprint density at radius 3 is 2.50 bits per heavy atom. The van der Waals surface area contributed by atoms with Gasteiger partial charge in [-0.15, -0.1) is 0 Å². The number of hydrogen-bond acceptors (Lipinski definition) is 2. The van der Waals surface area contributed by atoms with Crippen molar-refractivity contribution in [1.29, 1.82) is 0 Å². The summed E-state index contributed by atoms with van der Waals surface area (Å²) >= 11 is 0. The highest BCUT2D eigenvalue weighted by atomic mass is 16.5. The molecule has 1 fully saturated rings. The summed E-state index contributed by atoms with van der Waals surface area (Å²) in [5, 5.41) is 3.60. The molecule has 0 heterocycles. The molecule has 1 aliphatic carbocycles. The smallest absolute Gasteiger partial charge is 0.0587 e. The van der Waals surface area contributed by atoms with Crippen LogP contribution in [0.4, 0.5) is 0 Å². The highest BCUT2D eigenvalue weighted by Gasteiger charge is 2.50. The maximum atomic E-state index is 5.13. The minimum atomic E-state index is 0.453. The summed E-state index contributed by atoms with van der Waals surface area (Å²) in [7, 11) is 1.76. The number of nitrogens with one attached hydrogen (secondary N) is 1. The predicted molar refractivity (Wildman–Crippen MR) is 85.1 cm³/mol.